The molecule has 0 saturated carbocycles. The third kappa shape index (κ3) is 8.17. The minimum atomic E-state index is -0.810. The summed E-state index contributed by atoms with van der Waals surface area (Å²) in [5.74, 6) is -1.24. The molecule has 1 unspecified atom stereocenters. The van der Waals surface area contributed by atoms with E-state index in [0.717, 1.165) is 0 Å². The molecule has 0 fully saturated rings. The number of rotatable bonds is 7. The van der Waals surface area contributed by atoms with Crippen LogP contribution in [0.25, 0.3) is 0 Å². The van der Waals surface area contributed by atoms with Crippen LogP contribution in [0.1, 0.15) is 55.4 Å². The molecule has 0 aliphatic heterocycles. The summed E-state index contributed by atoms with van der Waals surface area (Å²) in [5.41, 5.74) is -0.659. The molecule has 7 heteroatoms. The third-order valence-electron chi connectivity index (χ3n) is 3.13. The van der Waals surface area contributed by atoms with E-state index < -0.39 is 35.7 Å². The average Bonchev–Trinajstić information content (AvgIpc) is 2.39. The molecule has 2 atom stereocenters. The van der Waals surface area contributed by atoms with Gasteiger partial charge < -0.3 is 20.1 Å². The van der Waals surface area contributed by atoms with Gasteiger partial charge in [0.2, 0.25) is 5.91 Å². The van der Waals surface area contributed by atoms with E-state index in [1.54, 1.807) is 41.5 Å². The SMILES string of the molecule is CCOC(=O)C(NC(=O)[C@@H](NC(=O)OC(C)(C)C)C(C)C)C(C)C. The van der Waals surface area contributed by atoms with Gasteiger partial charge in [-0.15, -0.1) is 0 Å². The van der Waals surface area contributed by atoms with E-state index in [-0.39, 0.29) is 18.4 Å². The van der Waals surface area contributed by atoms with Crippen LogP contribution in [0.4, 0.5) is 4.79 Å². The van der Waals surface area contributed by atoms with E-state index >= 15 is 0 Å². The fraction of sp³-hybridized carbons (Fsp3) is 0.824. The highest BCUT2D eigenvalue weighted by Crippen LogP contribution is 2.10. The molecule has 0 spiro atoms. The van der Waals surface area contributed by atoms with Crippen molar-refractivity contribution in [3.63, 3.8) is 0 Å². The van der Waals surface area contributed by atoms with E-state index in [9.17, 15) is 14.4 Å². The second-order valence-electron chi connectivity index (χ2n) is 7.35. The predicted molar refractivity (Wildman–Crippen MR) is 91.4 cm³/mol. The number of carbonyl (C=O) groups is 3. The average molecular weight is 344 g/mol. The molecule has 140 valence electrons. The quantitative estimate of drug-likeness (QED) is 0.691. The van der Waals surface area contributed by atoms with Crippen LogP contribution in [0.15, 0.2) is 0 Å². The van der Waals surface area contributed by atoms with E-state index in [1.807, 2.05) is 13.8 Å². The summed E-state index contributed by atoms with van der Waals surface area (Å²) in [4.78, 5) is 36.4. The van der Waals surface area contributed by atoms with Gasteiger partial charge in [0.1, 0.15) is 17.7 Å². The van der Waals surface area contributed by atoms with Crippen molar-refractivity contribution in [2.45, 2.75) is 73.1 Å². The van der Waals surface area contributed by atoms with Crippen molar-refractivity contribution in [1.29, 1.82) is 0 Å². The van der Waals surface area contributed by atoms with Crippen LogP contribution in [0.2, 0.25) is 0 Å². The van der Waals surface area contributed by atoms with Gasteiger partial charge >= 0.3 is 12.1 Å². The summed E-state index contributed by atoms with van der Waals surface area (Å²) in [6, 6.07) is -1.57. The van der Waals surface area contributed by atoms with Crippen molar-refractivity contribution >= 4 is 18.0 Å². The van der Waals surface area contributed by atoms with Gasteiger partial charge in [-0.25, -0.2) is 9.59 Å². The zero-order valence-corrected chi connectivity index (χ0v) is 16.1. The lowest BCUT2D eigenvalue weighted by Gasteiger charge is -2.27. The van der Waals surface area contributed by atoms with Crippen LogP contribution in [-0.4, -0.2) is 42.3 Å². The first-order chi connectivity index (χ1) is 10.9. The molecule has 0 heterocycles. The maximum Gasteiger partial charge on any atom is 0.408 e. The highest BCUT2D eigenvalue weighted by atomic mass is 16.6. The highest BCUT2D eigenvalue weighted by Gasteiger charge is 2.32. The zero-order chi connectivity index (χ0) is 19.1. The van der Waals surface area contributed by atoms with Crippen molar-refractivity contribution < 1.29 is 23.9 Å². The first-order valence-corrected chi connectivity index (χ1v) is 8.35. The number of ether oxygens (including phenoxy) is 2. The summed E-state index contributed by atoms with van der Waals surface area (Å²) < 4.78 is 10.2. The Morgan fingerprint density at radius 2 is 1.42 bits per heavy atom. The molecule has 0 saturated heterocycles. The van der Waals surface area contributed by atoms with Gasteiger partial charge in [0, 0.05) is 0 Å². The maximum absolute atomic E-state index is 12.5. The molecule has 0 aromatic rings. The van der Waals surface area contributed by atoms with Gasteiger partial charge in [-0.2, -0.15) is 0 Å². The molecule has 2 amide bonds. The number of hydrogen-bond donors (Lipinski definition) is 2. The summed E-state index contributed by atoms with van der Waals surface area (Å²) in [5, 5.41) is 5.23. The van der Waals surface area contributed by atoms with Crippen molar-refractivity contribution in [3.05, 3.63) is 0 Å². The van der Waals surface area contributed by atoms with E-state index in [0.29, 0.717) is 0 Å². The molecular weight excluding hydrogens is 312 g/mol. The highest BCUT2D eigenvalue weighted by molar-refractivity contribution is 5.90. The van der Waals surface area contributed by atoms with E-state index in [1.165, 1.54) is 0 Å². The molecule has 2 N–H and O–H groups in total. The number of nitrogens with one attached hydrogen (secondary N) is 2. The van der Waals surface area contributed by atoms with Gasteiger partial charge in [0.05, 0.1) is 6.61 Å². The first-order valence-electron chi connectivity index (χ1n) is 8.35. The van der Waals surface area contributed by atoms with E-state index in [4.69, 9.17) is 9.47 Å². The molecule has 0 rings (SSSR count). The fourth-order valence-corrected chi connectivity index (χ4v) is 1.94. The molecule has 0 radical (unpaired) electrons. The lowest BCUT2D eigenvalue weighted by atomic mass is 10.0. The van der Waals surface area contributed by atoms with Gasteiger partial charge in [-0.05, 0) is 39.5 Å². The molecule has 0 aliphatic rings. The Hall–Kier alpha value is -1.79. The van der Waals surface area contributed by atoms with Crippen molar-refractivity contribution in [1.82, 2.24) is 10.6 Å². The standard InChI is InChI=1S/C17H32N2O5/c1-9-23-15(21)13(11(4)5)18-14(20)12(10(2)3)19-16(22)24-17(6,7)8/h10-13H,9H2,1-8H3,(H,18,20)(H,19,22)/t12-,13?/m0/s1. The number of hydrogen-bond acceptors (Lipinski definition) is 5. The summed E-state index contributed by atoms with van der Waals surface area (Å²) in [6.45, 7) is 14.4. The lowest BCUT2D eigenvalue weighted by molar-refractivity contribution is -0.149. The molecule has 0 aromatic carbocycles. The van der Waals surface area contributed by atoms with Gasteiger partial charge in [0.15, 0.2) is 0 Å². The Balaban J connectivity index is 5.01. The Kier molecular flexibility index (Phi) is 8.78. The minimum Gasteiger partial charge on any atom is -0.464 e. The van der Waals surface area contributed by atoms with Crippen LogP contribution >= 0.6 is 0 Å². The fourth-order valence-electron chi connectivity index (χ4n) is 1.94. The van der Waals surface area contributed by atoms with Crippen molar-refractivity contribution in [3.8, 4) is 0 Å². The number of alkyl carbamates (subject to hydrolysis) is 1. The number of carbonyl (C=O) groups excluding carboxylic acids is 3. The predicted octanol–water partition coefficient (Wildman–Crippen LogP) is 2.24. The molecular formula is C17H32N2O5. The lowest BCUT2D eigenvalue weighted by Crippen LogP contribution is -2.55. The maximum atomic E-state index is 12.5. The number of esters is 1. The monoisotopic (exact) mass is 344 g/mol. The van der Waals surface area contributed by atoms with Gasteiger partial charge in [-0.1, -0.05) is 27.7 Å². The van der Waals surface area contributed by atoms with Crippen molar-refractivity contribution in [2.24, 2.45) is 11.8 Å². The van der Waals surface area contributed by atoms with Crippen LogP contribution in [0.5, 0.6) is 0 Å². The smallest absolute Gasteiger partial charge is 0.408 e. The van der Waals surface area contributed by atoms with Crippen LogP contribution in [0, 0.1) is 11.8 Å². The Labute approximate surface area is 144 Å². The second kappa shape index (κ2) is 9.49. The zero-order valence-electron chi connectivity index (χ0n) is 16.1. The Bertz CT molecular complexity index is 441. The Morgan fingerprint density at radius 1 is 0.917 bits per heavy atom. The number of amides is 2. The summed E-state index contributed by atoms with van der Waals surface area (Å²) in [7, 11) is 0. The van der Waals surface area contributed by atoms with Gasteiger partial charge in [0.25, 0.3) is 0 Å². The summed E-state index contributed by atoms with van der Waals surface area (Å²) >= 11 is 0. The Morgan fingerprint density at radius 3 is 1.79 bits per heavy atom. The molecule has 0 bridgehead atoms. The minimum absolute atomic E-state index is 0.137. The third-order valence-corrected chi connectivity index (χ3v) is 3.13. The van der Waals surface area contributed by atoms with Crippen molar-refractivity contribution in [2.75, 3.05) is 6.61 Å². The van der Waals surface area contributed by atoms with Crippen LogP contribution in [-0.2, 0) is 19.1 Å². The molecule has 0 aromatic heterocycles. The second-order valence-corrected chi connectivity index (χ2v) is 7.35. The molecule has 24 heavy (non-hydrogen) atoms. The largest absolute Gasteiger partial charge is 0.464 e. The van der Waals surface area contributed by atoms with E-state index in [2.05, 4.69) is 10.6 Å². The van der Waals surface area contributed by atoms with Crippen LogP contribution in [0.3, 0.4) is 0 Å². The molecule has 7 nitrogen and oxygen atoms in total. The normalized spacial score (nSPS) is 14.1. The molecule has 0 aliphatic carbocycles. The van der Waals surface area contributed by atoms with Gasteiger partial charge in [-0.3, -0.25) is 4.79 Å². The topological polar surface area (TPSA) is 93.7 Å². The first kappa shape index (κ1) is 22.2. The summed E-state index contributed by atoms with van der Waals surface area (Å²) in [6.07, 6.45) is -0.673. The van der Waals surface area contributed by atoms with Crippen LogP contribution < -0.4 is 10.6 Å².